The minimum Gasteiger partial charge on any atom is -0.497 e. The lowest BCUT2D eigenvalue weighted by molar-refractivity contribution is 0.292. The molecule has 9 heteroatoms. The molecule has 4 aromatic rings. The number of halogens is 1. The molecule has 2 heterocycles. The second kappa shape index (κ2) is 9.72. The smallest absolute Gasteiger partial charge is 0.196 e. The van der Waals surface area contributed by atoms with Gasteiger partial charge in [-0.3, -0.25) is 4.57 Å². The number of hydrogen-bond acceptors (Lipinski definition) is 7. The van der Waals surface area contributed by atoms with Gasteiger partial charge in [-0.2, -0.15) is 0 Å². The minimum absolute atomic E-state index is 0.265. The third kappa shape index (κ3) is 5.20. The molecule has 0 unspecified atom stereocenters. The number of rotatable bonds is 8. The predicted octanol–water partition coefficient (Wildman–Crippen LogP) is 5.87. The van der Waals surface area contributed by atoms with Crippen molar-refractivity contribution >= 4 is 34.7 Å². The van der Waals surface area contributed by atoms with Gasteiger partial charge in [-0.1, -0.05) is 29.4 Å². The van der Waals surface area contributed by atoms with Crippen molar-refractivity contribution in [1.29, 1.82) is 0 Å². The second-order valence-corrected chi connectivity index (χ2v) is 9.19. The summed E-state index contributed by atoms with van der Waals surface area (Å²) in [5.41, 5.74) is 2.94. The maximum Gasteiger partial charge on any atom is 0.196 e. The fraction of sp³-hybridized carbons (Fsp3) is 0.227. The average molecular weight is 473 g/mol. The van der Waals surface area contributed by atoms with E-state index >= 15 is 0 Å². The molecule has 0 amide bonds. The maximum atomic E-state index is 6.40. The zero-order valence-corrected chi connectivity index (χ0v) is 19.7. The fourth-order valence-corrected chi connectivity index (χ4v) is 4.66. The van der Waals surface area contributed by atoms with Gasteiger partial charge in [-0.25, -0.2) is 4.98 Å². The summed E-state index contributed by atoms with van der Waals surface area (Å²) >= 11 is 9.63. The van der Waals surface area contributed by atoms with Crippen LogP contribution < -0.4 is 9.47 Å². The zero-order chi connectivity index (χ0) is 21.8. The van der Waals surface area contributed by atoms with Gasteiger partial charge in [0.2, 0.25) is 0 Å². The summed E-state index contributed by atoms with van der Waals surface area (Å²) in [6.45, 7) is 4.25. The second-order valence-electron chi connectivity index (χ2n) is 6.78. The first-order chi connectivity index (χ1) is 15.0. The number of thiazole rings is 1. The zero-order valence-electron chi connectivity index (χ0n) is 17.3. The number of methoxy groups -OCH3 is 1. The standard InChI is InChI=1S/C22H21ClN4O2S2/c1-14-4-5-17(10-20(14)23)27-21(11-29-19-8-6-18(28-3)7-9-19)25-26-22(27)31-13-16-12-30-15(2)24-16/h4-10,12H,11,13H2,1-3H3. The van der Waals surface area contributed by atoms with Crippen LogP contribution in [0.15, 0.2) is 53.0 Å². The van der Waals surface area contributed by atoms with E-state index in [1.165, 1.54) is 0 Å². The fourth-order valence-electron chi connectivity index (χ4n) is 2.90. The first-order valence-electron chi connectivity index (χ1n) is 9.55. The van der Waals surface area contributed by atoms with Crippen molar-refractivity contribution in [3.63, 3.8) is 0 Å². The Balaban J connectivity index is 1.60. The molecule has 2 aromatic heterocycles. The predicted molar refractivity (Wildman–Crippen MR) is 125 cm³/mol. The number of aryl methyl sites for hydroxylation is 2. The van der Waals surface area contributed by atoms with E-state index in [2.05, 4.69) is 20.6 Å². The SMILES string of the molecule is COc1ccc(OCc2nnc(SCc3csc(C)n3)n2-c2ccc(C)c(Cl)c2)cc1. The highest BCUT2D eigenvalue weighted by Gasteiger charge is 2.17. The van der Waals surface area contributed by atoms with Crippen LogP contribution in [0.3, 0.4) is 0 Å². The molecule has 0 atom stereocenters. The Morgan fingerprint density at radius 2 is 1.84 bits per heavy atom. The first kappa shape index (κ1) is 21.7. The van der Waals surface area contributed by atoms with Gasteiger partial charge in [0.1, 0.15) is 18.1 Å². The van der Waals surface area contributed by atoms with Crippen LogP contribution >= 0.6 is 34.7 Å². The number of hydrogen-bond donors (Lipinski definition) is 0. The van der Waals surface area contributed by atoms with Crippen LogP contribution in [0.5, 0.6) is 11.5 Å². The Kier molecular flexibility index (Phi) is 6.80. The molecule has 160 valence electrons. The van der Waals surface area contributed by atoms with Gasteiger partial charge < -0.3 is 9.47 Å². The summed E-state index contributed by atoms with van der Waals surface area (Å²) in [6, 6.07) is 13.4. The largest absolute Gasteiger partial charge is 0.497 e. The summed E-state index contributed by atoms with van der Waals surface area (Å²) in [4.78, 5) is 4.53. The summed E-state index contributed by atoms with van der Waals surface area (Å²) in [5, 5.41) is 13.4. The normalized spacial score (nSPS) is 11.0. The van der Waals surface area contributed by atoms with E-state index in [1.807, 2.05) is 60.9 Å². The van der Waals surface area contributed by atoms with Crippen molar-refractivity contribution in [3.8, 4) is 17.2 Å². The molecule has 31 heavy (non-hydrogen) atoms. The van der Waals surface area contributed by atoms with E-state index in [4.69, 9.17) is 21.1 Å². The molecule has 6 nitrogen and oxygen atoms in total. The lowest BCUT2D eigenvalue weighted by Gasteiger charge is -2.12. The third-order valence-corrected chi connectivity index (χ3v) is 6.75. The van der Waals surface area contributed by atoms with Crippen LogP contribution in [0.1, 0.15) is 22.1 Å². The summed E-state index contributed by atoms with van der Waals surface area (Å²) in [6.07, 6.45) is 0. The number of aromatic nitrogens is 4. The highest BCUT2D eigenvalue weighted by atomic mass is 35.5. The van der Waals surface area contributed by atoms with E-state index in [0.29, 0.717) is 16.6 Å². The molecule has 0 saturated heterocycles. The third-order valence-electron chi connectivity index (χ3n) is 4.56. The average Bonchev–Trinajstić information content (AvgIpc) is 3.38. The molecule has 0 aliphatic rings. The number of thioether (sulfide) groups is 1. The van der Waals surface area contributed by atoms with Gasteiger partial charge >= 0.3 is 0 Å². The molecule has 0 fully saturated rings. The molecule has 0 radical (unpaired) electrons. The monoisotopic (exact) mass is 472 g/mol. The quantitative estimate of drug-likeness (QED) is 0.299. The van der Waals surface area contributed by atoms with E-state index in [9.17, 15) is 0 Å². The molecule has 2 aromatic carbocycles. The highest BCUT2D eigenvalue weighted by molar-refractivity contribution is 7.98. The van der Waals surface area contributed by atoms with Gasteiger partial charge in [0.05, 0.1) is 23.5 Å². The van der Waals surface area contributed by atoms with E-state index < -0.39 is 0 Å². The van der Waals surface area contributed by atoms with Crippen LogP contribution in [-0.2, 0) is 12.4 Å². The Morgan fingerprint density at radius 3 is 2.52 bits per heavy atom. The minimum atomic E-state index is 0.265. The lowest BCUT2D eigenvalue weighted by atomic mass is 10.2. The van der Waals surface area contributed by atoms with Gasteiger partial charge in [-0.05, 0) is 55.8 Å². The first-order valence-corrected chi connectivity index (χ1v) is 11.8. The van der Waals surface area contributed by atoms with Crippen molar-refractivity contribution in [1.82, 2.24) is 19.7 Å². The topological polar surface area (TPSA) is 62.1 Å². The van der Waals surface area contributed by atoms with Crippen molar-refractivity contribution in [2.45, 2.75) is 31.4 Å². The Morgan fingerprint density at radius 1 is 1.06 bits per heavy atom. The Hall–Kier alpha value is -2.55. The molecule has 0 aliphatic heterocycles. The van der Waals surface area contributed by atoms with Gasteiger partial charge in [0, 0.05) is 16.2 Å². The van der Waals surface area contributed by atoms with Crippen molar-refractivity contribution in [3.05, 3.63) is 75.0 Å². The molecular formula is C22H21ClN4O2S2. The van der Waals surface area contributed by atoms with Crippen molar-refractivity contribution in [2.75, 3.05) is 7.11 Å². The van der Waals surface area contributed by atoms with Crippen LogP contribution in [0.25, 0.3) is 5.69 Å². The summed E-state index contributed by atoms with van der Waals surface area (Å²) < 4.78 is 13.1. The van der Waals surface area contributed by atoms with E-state index in [-0.39, 0.29) is 6.61 Å². The molecule has 0 N–H and O–H groups in total. The van der Waals surface area contributed by atoms with Gasteiger partial charge in [0.25, 0.3) is 0 Å². The molecule has 4 rings (SSSR count). The molecule has 0 saturated carbocycles. The lowest BCUT2D eigenvalue weighted by Crippen LogP contribution is -2.07. The highest BCUT2D eigenvalue weighted by Crippen LogP contribution is 2.28. The number of benzene rings is 2. The van der Waals surface area contributed by atoms with Crippen molar-refractivity contribution < 1.29 is 9.47 Å². The Labute approximate surface area is 194 Å². The summed E-state index contributed by atoms with van der Waals surface area (Å²) in [5.74, 6) is 2.90. The molecule has 0 aliphatic carbocycles. The van der Waals surface area contributed by atoms with Crippen LogP contribution in [0.2, 0.25) is 5.02 Å². The van der Waals surface area contributed by atoms with Crippen LogP contribution in [0, 0.1) is 13.8 Å². The van der Waals surface area contributed by atoms with Crippen LogP contribution in [-0.4, -0.2) is 26.9 Å². The number of ether oxygens (including phenoxy) is 2. The molecule has 0 bridgehead atoms. The summed E-state index contributed by atoms with van der Waals surface area (Å²) in [7, 11) is 1.64. The van der Waals surface area contributed by atoms with E-state index in [0.717, 1.165) is 38.6 Å². The molecular weight excluding hydrogens is 452 g/mol. The number of nitrogens with zero attached hydrogens (tertiary/aromatic N) is 4. The van der Waals surface area contributed by atoms with Crippen LogP contribution in [0.4, 0.5) is 0 Å². The Bertz CT molecular complexity index is 1170. The van der Waals surface area contributed by atoms with Gasteiger partial charge in [0.15, 0.2) is 11.0 Å². The van der Waals surface area contributed by atoms with Crippen molar-refractivity contribution in [2.24, 2.45) is 0 Å². The van der Waals surface area contributed by atoms with E-state index in [1.54, 1.807) is 30.2 Å². The maximum absolute atomic E-state index is 6.40. The molecule has 0 spiro atoms. The van der Waals surface area contributed by atoms with Gasteiger partial charge in [-0.15, -0.1) is 21.5 Å².